The smallest absolute Gasteiger partial charge is 0.313 e. The lowest BCUT2D eigenvalue weighted by atomic mass is 9.77. The van der Waals surface area contributed by atoms with Crippen molar-refractivity contribution in [3.05, 3.63) is 96.1 Å². The summed E-state index contributed by atoms with van der Waals surface area (Å²) in [5.41, 5.74) is -0.615. The number of likely N-dealkylation sites (N-methyl/N-ethyl adjacent to an activating group) is 1. The molecule has 3 amide bonds. The van der Waals surface area contributed by atoms with Gasteiger partial charge in [0.15, 0.2) is 0 Å². The summed E-state index contributed by atoms with van der Waals surface area (Å²) >= 11 is 0. The predicted octanol–water partition coefficient (Wildman–Crippen LogP) is 5.27. The summed E-state index contributed by atoms with van der Waals surface area (Å²) in [4.78, 5) is 63.5. The molecule has 6 rings (SSSR count). The molecule has 284 valence electrons. The molecule has 0 radical (unpaired) electrons. The monoisotopic (exact) mass is 725 g/mol. The summed E-state index contributed by atoms with van der Waals surface area (Å²) in [5.74, 6) is -3.67. The molecule has 53 heavy (non-hydrogen) atoms. The molecule has 8 atom stereocenters. The number of carbonyl (C=O) groups is 4. The van der Waals surface area contributed by atoms with Gasteiger partial charge in [0.05, 0.1) is 30.7 Å². The average molecular weight is 726 g/mol. The molecule has 0 aliphatic carbocycles. The number of amides is 3. The molecule has 0 unspecified atom stereocenters. The Bertz CT molecular complexity index is 1730. The van der Waals surface area contributed by atoms with Gasteiger partial charge in [-0.15, -0.1) is 0 Å². The lowest BCUT2D eigenvalue weighted by Crippen LogP contribution is -2.62. The van der Waals surface area contributed by atoms with Crippen molar-refractivity contribution in [3.8, 4) is 0 Å². The first-order chi connectivity index (χ1) is 25.1. The number of nitrogens with zero attached hydrogens (tertiary/aromatic N) is 3. The fraction of sp³-hybridized carbons (Fsp3) is 0.535. The summed E-state index contributed by atoms with van der Waals surface area (Å²) in [6.45, 7) is 12.2. The Labute approximate surface area is 313 Å². The molecule has 4 heterocycles. The van der Waals surface area contributed by atoms with E-state index in [0.29, 0.717) is 31.4 Å². The van der Waals surface area contributed by atoms with Crippen LogP contribution in [0.2, 0.25) is 0 Å². The Morgan fingerprint density at radius 1 is 0.925 bits per heavy atom. The average Bonchev–Trinajstić information content (AvgIpc) is 3.50. The maximum Gasteiger partial charge on any atom is 0.313 e. The first-order valence-electron chi connectivity index (χ1n) is 18.9. The fourth-order valence-corrected chi connectivity index (χ4v) is 9.30. The number of rotatable bonds is 7. The Morgan fingerprint density at radius 2 is 1.58 bits per heavy atom. The molecule has 1 spiro atoms. The highest BCUT2D eigenvalue weighted by molar-refractivity contribution is 5.99. The Morgan fingerprint density at radius 3 is 2.23 bits per heavy atom. The first-order valence-corrected chi connectivity index (χ1v) is 18.9. The van der Waals surface area contributed by atoms with Crippen molar-refractivity contribution < 1.29 is 33.8 Å². The number of allylic oxidation sites excluding steroid dienone is 1. The van der Waals surface area contributed by atoms with Crippen LogP contribution in [0.5, 0.6) is 0 Å². The SMILES string of the molecule is C[C@@H]1[C@@H](c2ccccc2)OC(=O)[C@@H]2[C@H]3C(=O)N([C@@H](CO)Cc4ccccc4)[C@@H]4C(=O)N(C(C)(C)CC(C)(C)C)CC=C[C@]34O[C@@H]2/C=C\CCC(=O)N1C. The van der Waals surface area contributed by atoms with Crippen LogP contribution in [-0.2, 0) is 35.1 Å². The van der Waals surface area contributed by atoms with Gasteiger partial charge in [-0.25, -0.2) is 0 Å². The van der Waals surface area contributed by atoms with Crippen molar-refractivity contribution >= 4 is 23.7 Å². The van der Waals surface area contributed by atoms with E-state index >= 15 is 9.59 Å². The number of carbonyl (C=O) groups excluding carboxylic acids is 4. The van der Waals surface area contributed by atoms with E-state index in [1.807, 2.05) is 105 Å². The van der Waals surface area contributed by atoms with Gasteiger partial charge in [-0.1, -0.05) is 106 Å². The van der Waals surface area contributed by atoms with Crippen LogP contribution in [0.3, 0.4) is 0 Å². The molecular formula is C43H55N3O7. The summed E-state index contributed by atoms with van der Waals surface area (Å²) in [6, 6.07) is 16.4. The normalized spacial score (nSPS) is 30.8. The number of ether oxygens (including phenoxy) is 2. The van der Waals surface area contributed by atoms with Gasteiger partial charge in [0.1, 0.15) is 23.7 Å². The van der Waals surface area contributed by atoms with Crippen LogP contribution in [0.15, 0.2) is 85.0 Å². The second kappa shape index (κ2) is 14.9. The summed E-state index contributed by atoms with van der Waals surface area (Å²) in [7, 11) is 1.71. The number of aliphatic hydroxyl groups excluding tert-OH is 1. The fourth-order valence-electron chi connectivity index (χ4n) is 9.30. The minimum atomic E-state index is -1.52. The zero-order chi connectivity index (χ0) is 38.3. The molecule has 2 saturated heterocycles. The Kier molecular flexibility index (Phi) is 10.8. The summed E-state index contributed by atoms with van der Waals surface area (Å²) in [5, 5.41) is 11.0. The van der Waals surface area contributed by atoms with E-state index in [1.165, 1.54) is 4.90 Å². The van der Waals surface area contributed by atoms with E-state index < -0.39 is 71.8 Å². The molecule has 2 fully saturated rings. The number of esters is 1. The van der Waals surface area contributed by atoms with Gasteiger partial charge in [0, 0.05) is 25.6 Å². The van der Waals surface area contributed by atoms with Crippen LogP contribution >= 0.6 is 0 Å². The third-order valence-electron chi connectivity index (χ3n) is 11.5. The predicted molar refractivity (Wildman–Crippen MR) is 201 cm³/mol. The minimum absolute atomic E-state index is 0.0892. The van der Waals surface area contributed by atoms with Crippen molar-refractivity contribution in [3.63, 3.8) is 0 Å². The highest BCUT2D eigenvalue weighted by Crippen LogP contribution is 2.54. The van der Waals surface area contributed by atoms with Gasteiger partial charge in [-0.05, 0) is 56.6 Å². The zero-order valence-electron chi connectivity index (χ0n) is 32.1. The number of likely N-dealkylation sites (tertiary alicyclic amines) is 1. The van der Waals surface area contributed by atoms with Crippen LogP contribution < -0.4 is 0 Å². The summed E-state index contributed by atoms with van der Waals surface area (Å²) in [6.07, 6.45) is 7.18. The maximum absolute atomic E-state index is 15.3. The highest BCUT2D eigenvalue weighted by Gasteiger charge is 2.73. The van der Waals surface area contributed by atoms with E-state index in [2.05, 4.69) is 20.8 Å². The number of hydrogen-bond donors (Lipinski definition) is 1. The van der Waals surface area contributed by atoms with Crippen LogP contribution in [0, 0.1) is 17.3 Å². The molecule has 10 heteroatoms. The maximum atomic E-state index is 15.3. The molecule has 1 N–H and O–H groups in total. The van der Waals surface area contributed by atoms with E-state index in [1.54, 1.807) is 18.0 Å². The van der Waals surface area contributed by atoms with Gasteiger partial charge in [0.2, 0.25) is 17.7 Å². The quantitative estimate of drug-likeness (QED) is 0.306. The second-order valence-corrected chi connectivity index (χ2v) is 17.0. The topological polar surface area (TPSA) is 117 Å². The van der Waals surface area contributed by atoms with Gasteiger partial charge in [0.25, 0.3) is 0 Å². The van der Waals surface area contributed by atoms with E-state index in [4.69, 9.17) is 9.47 Å². The van der Waals surface area contributed by atoms with Gasteiger partial charge in [-0.3, -0.25) is 19.2 Å². The van der Waals surface area contributed by atoms with Crippen molar-refractivity contribution in [2.24, 2.45) is 17.3 Å². The van der Waals surface area contributed by atoms with Gasteiger partial charge in [-0.2, -0.15) is 0 Å². The summed E-state index contributed by atoms with van der Waals surface area (Å²) < 4.78 is 13.4. The minimum Gasteiger partial charge on any atom is -0.455 e. The molecule has 0 saturated carbocycles. The molecule has 10 nitrogen and oxygen atoms in total. The third-order valence-corrected chi connectivity index (χ3v) is 11.5. The van der Waals surface area contributed by atoms with E-state index in [-0.39, 0.29) is 23.7 Å². The van der Waals surface area contributed by atoms with Crippen molar-refractivity contribution in [2.75, 3.05) is 20.2 Å². The molecule has 0 bridgehead atoms. The molecule has 4 aliphatic rings. The van der Waals surface area contributed by atoms with Crippen LogP contribution in [0.25, 0.3) is 0 Å². The van der Waals surface area contributed by atoms with Crippen LogP contribution in [0.1, 0.15) is 78.0 Å². The lowest BCUT2D eigenvalue weighted by molar-refractivity contribution is -0.165. The van der Waals surface area contributed by atoms with Crippen LogP contribution in [-0.4, -0.2) is 99.1 Å². The Hall–Kier alpha value is -4.28. The number of hydrogen-bond acceptors (Lipinski definition) is 7. The standard InChI is InChI=1S/C43H55N3O7/c1-28-36(30-19-12-9-13-20-30)52-40(51)34-32(21-14-15-22-33(48)44(28)7)53-43-23-16-24-45(42(5,6)27-41(2,3)4)39(50)37(43)46(38(49)35(34)43)31(26-47)25-29-17-10-8-11-18-29/h8-14,16-21,23,28,31-32,34-37,47H,15,22,24-27H2,1-7H3/b21-14-/t28-,31-,32-,34+,35+,36+,37-,43+/m1/s1. The molecular weight excluding hydrogens is 670 g/mol. The molecule has 2 aromatic carbocycles. The van der Waals surface area contributed by atoms with Crippen molar-refractivity contribution in [2.45, 2.75) is 109 Å². The van der Waals surface area contributed by atoms with E-state index in [9.17, 15) is 14.7 Å². The van der Waals surface area contributed by atoms with Crippen molar-refractivity contribution in [1.82, 2.24) is 14.7 Å². The van der Waals surface area contributed by atoms with Gasteiger partial charge < -0.3 is 29.3 Å². The second-order valence-electron chi connectivity index (χ2n) is 17.0. The Balaban J connectivity index is 1.48. The zero-order valence-corrected chi connectivity index (χ0v) is 32.1. The number of cyclic esters (lactones) is 1. The number of fused-ring (bicyclic) bond motifs is 2. The van der Waals surface area contributed by atoms with Crippen molar-refractivity contribution in [1.29, 1.82) is 0 Å². The van der Waals surface area contributed by atoms with E-state index in [0.717, 1.165) is 5.56 Å². The largest absolute Gasteiger partial charge is 0.455 e. The van der Waals surface area contributed by atoms with Crippen LogP contribution in [0.4, 0.5) is 0 Å². The lowest BCUT2D eigenvalue weighted by Gasteiger charge is -2.45. The third kappa shape index (κ3) is 7.32. The first kappa shape index (κ1) is 38.4. The number of benzene rings is 2. The molecule has 4 aliphatic heterocycles. The van der Waals surface area contributed by atoms with Gasteiger partial charge >= 0.3 is 5.97 Å². The number of aliphatic hydroxyl groups is 1. The molecule has 0 aromatic heterocycles. The molecule has 2 aromatic rings. The highest BCUT2D eigenvalue weighted by atomic mass is 16.6.